The van der Waals surface area contributed by atoms with Gasteiger partial charge in [0.1, 0.15) is 4.88 Å². The molecule has 0 aromatic carbocycles. The Morgan fingerprint density at radius 2 is 2.36 bits per heavy atom. The number of hydrogen-bond donors (Lipinski definition) is 1. The van der Waals surface area contributed by atoms with Gasteiger partial charge in [-0.1, -0.05) is 6.92 Å². The van der Waals surface area contributed by atoms with Gasteiger partial charge in [0.25, 0.3) is 0 Å². The van der Waals surface area contributed by atoms with Crippen molar-refractivity contribution in [2.45, 2.75) is 20.3 Å². The second kappa shape index (κ2) is 3.00. The third kappa shape index (κ3) is 1.57. The SMILES string of the molecule is CCc1nc(C)sc1C(=O)O. The molecule has 0 saturated carbocycles. The van der Waals surface area contributed by atoms with Crippen LogP contribution in [0.1, 0.15) is 27.3 Å². The second-order valence-electron chi connectivity index (χ2n) is 2.17. The van der Waals surface area contributed by atoms with E-state index in [9.17, 15) is 4.79 Å². The maximum atomic E-state index is 10.6. The lowest BCUT2D eigenvalue weighted by molar-refractivity contribution is 0.0701. The zero-order valence-corrected chi connectivity index (χ0v) is 7.23. The molecule has 3 nitrogen and oxygen atoms in total. The number of thiazole rings is 1. The fourth-order valence-corrected chi connectivity index (χ4v) is 1.72. The zero-order valence-electron chi connectivity index (χ0n) is 6.42. The van der Waals surface area contributed by atoms with Crippen LogP contribution in [0.4, 0.5) is 0 Å². The van der Waals surface area contributed by atoms with Gasteiger partial charge >= 0.3 is 5.97 Å². The molecule has 0 amide bonds. The zero-order chi connectivity index (χ0) is 8.43. The topological polar surface area (TPSA) is 50.2 Å². The highest BCUT2D eigenvalue weighted by Crippen LogP contribution is 2.17. The summed E-state index contributed by atoms with van der Waals surface area (Å²) in [6.45, 7) is 3.72. The van der Waals surface area contributed by atoms with E-state index in [0.717, 1.165) is 5.01 Å². The maximum absolute atomic E-state index is 10.6. The summed E-state index contributed by atoms with van der Waals surface area (Å²) in [7, 11) is 0. The van der Waals surface area contributed by atoms with Gasteiger partial charge in [0.2, 0.25) is 0 Å². The monoisotopic (exact) mass is 171 g/mol. The van der Waals surface area contributed by atoms with Crippen molar-refractivity contribution in [1.29, 1.82) is 0 Å². The van der Waals surface area contributed by atoms with E-state index in [0.29, 0.717) is 17.0 Å². The molecule has 0 unspecified atom stereocenters. The van der Waals surface area contributed by atoms with Crippen LogP contribution >= 0.6 is 11.3 Å². The summed E-state index contributed by atoms with van der Waals surface area (Å²) in [6, 6.07) is 0. The van der Waals surface area contributed by atoms with E-state index in [1.165, 1.54) is 11.3 Å². The first-order valence-electron chi connectivity index (χ1n) is 3.34. The Labute approximate surface area is 68.7 Å². The van der Waals surface area contributed by atoms with Gasteiger partial charge in [0.15, 0.2) is 0 Å². The van der Waals surface area contributed by atoms with Crippen molar-refractivity contribution in [1.82, 2.24) is 4.98 Å². The summed E-state index contributed by atoms with van der Waals surface area (Å²) in [5, 5.41) is 9.50. The molecule has 0 aliphatic rings. The first-order chi connectivity index (χ1) is 5.15. The average molecular weight is 171 g/mol. The molecule has 0 saturated heterocycles. The molecule has 0 atom stereocenters. The Kier molecular flexibility index (Phi) is 2.24. The lowest BCUT2D eigenvalue weighted by Crippen LogP contribution is -1.97. The van der Waals surface area contributed by atoms with Crippen molar-refractivity contribution in [2.75, 3.05) is 0 Å². The second-order valence-corrected chi connectivity index (χ2v) is 3.37. The minimum absolute atomic E-state index is 0.380. The number of carbonyl (C=O) groups is 1. The molecule has 4 heteroatoms. The fourth-order valence-electron chi connectivity index (χ4n) is 0.877. The molecular formula is C7H9NO2S. The van der Waals surface area contributed by atoms with Crippen LogP contribution in [0.15, 0.2) is 0 Å². The summed E-state index contributed by atoms with van der Waals surface area (Å²) in [4.78, 5) is 15.0. The molecule has 0 aliphatic heterocycles. The molecule has 1 N–H and O–H groups in total. The standard InChI is InChI=1S/C7H9NO2S/c1-3-5-6(7(9)10)11-4(2)8-5/h3H2,1-2H3,(H,9,10). The van der Waals surface area contributed by atoms with Gasteiger partial charge < -0.3 is 5.11 Å². The first-order valence-corrected chi connectivity index (χ1v) is 4.16. The third-order valence-corrected chi connectivity index (χ3v) is 2.33. The number of hydrogen-bond acceptors (Lipinski definition) is 3. The van der Waals surface area contributed by atoms with E-state index < -0.39 is 5.97 Å². The van der Waals surface area contributed by atoms with E-state index in [2.05, 4.69) is 4.98 Å². The number of rotatable bonds is 2. The molecule has 11 heavy (non-hydrogen) atoms. The lowest BCUT2D eigenvalue weighted by atomic mass is 10.3. The number of carboxylic acid groups (broad SMARTS) is 1. The van der Waals surface area contributed by atoms with Crippen LogP contribution in [0, 0.1) is 6.92 Å². The van der Waals surface area contributed by atoms with Gasteiger partial charge in [-0.3, -0.25) is 0 Å². The third-order valence-electron chi connectivity index (χ3n) is 1.33. The molecule has 1 rings (SSSR count). The summed E-state index contributed by atoms with van der Waals surface area (Å²) in [5.41, 5.74) is 0.694. The van der Waals surface area contributed by atoms with Crippen molar-refractivity contribution in [2.24, 2.45) is 0 Å². The van der Waals surface area contributed by atoms with Crippen molar-refractivity contribution in [3.05, 3.63) is 15.6 Å². The maximum Gasteiger partial charge on any atom is 0.347 e. The highest BCUT2D eigenvalue weighted by molar-refractivity contribution is 7.13. The highest BCUT2D eigenvalue weighted by Gasteiger charge is 2.13. The minimum atomic E-state index is -0.868. The van der Waals surface area contributed by atoms with Gasteiger partial charge in [0.05, 0.1) is 10.7 Å². The van der Waals surface area contributed by atoms with Gasteiger partial charge in [-0.15, -0.1) is 11.3 Å². The Bertz CT molecular complexity index is 280. The largest absolute Gasteiger partial charge is 0.477 e. The summed E-state index contributed by atoms with van der Waals surface area (Å²) >= 11 is 1.24. The smallest absolute Gasteiger partial charge is 0.347 e. The number of aromatic carboxylic acids is 1. The number of nitrogens with zero attached hydrogens (tertiary/aromatic N) is 1. The molecule has 1 heterocycles. The van der Waals surface area contributed by atoms with Crippen molar-refractivity contribution in [3.8, 4) is 0 Å². The van der Waals surface area contributed by atoms with Gasteiger partial charge in [-0.05, 0) is 13.3 Å². The molecule has 0 fully saturated rings. The van der Waals surface area contributed by atoms with Crippen molar-refractivity contribution in [3.63, 3.8) is 0 Å². The number of aryl methyl sites for hydroxylation is 2. The van der Waals surface area contributed by atoms with Crippen LogP contribution in [0.2, 0.25) is 0 Å². The molecule has 1 aromatic rings. The lowest BCUT2D eigenvalue weighted by Gasteiger charge is -1.89. The van der Waals surface area contributed by atoms with E-state index in [4.69, 9.17) is 5.11 Å². The van der Waals surface area contributed by atoms with E-state index in [1.54, 1.807) is 0 Å². The highest BCUT2D eigenvalue weighted by atomic mass is 32.1. The van der Waals surface area contributed by atoms with E-state index in [1.807, 2.05) is 13.8 Å². The predicted octanol–water partition coefficient (Wildman–Crippen LogP) is 1.71. The van der Waals surface area contributed by atoms with Crippen LogP contribution in [0.25, 0.3) is 0 Å². The Morgan fingerprint density at radius 1 is 1.73 bits per heavy atom. The molecular weight excluding hydrogens is 162 g/mol. The van der Waals surface area contributed by atoms with Gasteiger partial charge in [-0.2, -0.15) is 0 Å². The van der Waals surface area contributed by atoms with Crippen LogP contribution in [-0.2, 0) is 6.42 Å². The Morgan fingerprint density at radius 3 is 2.73 bits per heavy atom. The average Bonchev–Trinajstić information content (AvgIpc) is 2.30. The number of aromatic nitrogens is 1. The molecule has 60 valence electrons. The van der Waals surface area contributed by atoms with E-state index >= 15 is 0 Å². The predicted molar refractivity (Wildman–Crippen MR) is 43.2 cm³/mol. The molecule has 0 aliphatic carbocycles. The molecule has 1 aromatic heterocycles. The number of carboxylic acids is 1. The summed E-state index contributed by atoms with van der Waals surface area (Å²) < 4.78 is 0. The van der Waals surface area contributed by atoms with Crippen LogP contribution in [-0.4, -0.2) is 16.1 Å². The Hall–Kier alpha value is -0.900. The van der Waals surface area contributed by atoms with Crippen LogP contribution in [0.3, 0.4) is 0 Å². The van der Waals surface area contributed by atoms with Crippen LogP contribution < -0.4 is 0 Å². The first kappa shape index (κ1) is 8.20. The van der Waals surface area contributed by atoms with E-state index in [-0.39, 0.29) is 0 Å². The normalized spacial score (nSPS) is 10.0. The molecule has 0 spiro atoms. The van der Waals surface area contributed by atoms with Crippen molar-refractivity contribution < 1.29 is 9.90 Å². The quantitative estimate of drug-likeness (QED) is 0.737. The summed E-state index contributed by atoms with van der Waals surface area (Å²) in [5.74, 6) is -0.868. The molecule has 0 bridgehead atoms. The fraction of sp³-hybridized carbons (Fsp3) is 0.429. The van der Waals surface area contributed by atoms with Gasteiger partial charge in [-0.25, -0.2) is 9.78 Å². The van der Waals surface area contributed by atoms with Gasteiger partial charge in [0, 0.05) is 0 Å². The minimum Gasteiger partial charge on any atom is -0.477 e. The summed E-state index contributed by atoms with van der Waals surface area (Å²) in [6.07, 6.45) is 0.686. The Balaban J connectivity index is 3.12. The van der Waals surface area contributed by atoms with Crippen molar-refractivity contribution >= 4 is 17.3 Å². The molecule has 0 radical (unpaired) electrons. The van der Waals surface area contributed by atoms with Crippen LogP contribution in [0.5, 0.6) is 0 Å².